The molecule has 0 amide bonds. The molecule has 0 fully saturated rings. The summed E-state index contributed by atoms with van der Waals surface area (Å²) >= 11 is 0. The maximum absolute atomic E-state index is 2.62. The van der Waals surface area contributed by atoms with E-state index in [0.717, 1.165) is 29.2 Å². The fraction of sp³-hybridized carbons (Fsp3) is 0.143. The molecule has 17 rings (SSSR count). The summed E-state index contributed by atoms with van der Waals surface area (Å²) in [6.45, 7) is 20.9. The van der Waals surface area contributed by atoms with Crippen LogP contribution in [0.2, 0.25) is 0 Å². The molecule has 15 aromatic rings. The lowest BCUT2D eigenvalue weighted by molar-refractivity contribution is 0.411. The van der Waals surface area contributed by atoms with Gasteiger partial charge in [-0.05, 0) is 209 Å². The highest BCUT2D eigenvalue weighted by molar-refractivity contribution is 7.00. The van der Waals surface area contributed by atoms with Crippen molar-refractivity contribution >= 4 is 101 Å². The first-order valence-electron chi connectivity index (χ1n) is 34.1. The van der Waals surface area contributed by atoms with Crippen molar-refractivity contribution in [1.29, 1.82) is 0 Å². The molecule has 0 bridgehead atoms. The third-order valence-electron chi connectivity index (χ3n) is 20.3. The van der Waals surface area contributed by atoms with Gasteiger partial charge in [0.05, 0.1) is 22.1 Å². The number of hydrogen-bond donors (Lipinski definition) is 0. The molecule has 2 aliphatic heterocycles. The van der Waals surface area contributed by atoms with E-state index in [1.807, 2.05) is 0 Å². The van der Waals surface area contributed by atoms with Crippen LogP contribution in [0.3, 0.4) is 0 Å². The van der Waals surface area contributed by atoms with Crippen LogP contribution in [0.1, 0.15) is 79.0 Å². The van der Waals surface area contributed by atoms with Gasteiger partial charge in [0.1, 0.15) is 0 Å². The molecule has 96 heavy (non-hydrogen) atoms. The van der Waals surface area contributed by atoms with Crippen molar-refractivity contribution in [3.8, 4) is 55.9 Å². The minimum atomic E-state index is -0.123. The number of hydrogen-bond acceptors (Lipinski definition) is 2. The first kappa shape index (κ1) is 58.9. The predicted octanol–water partition coefficient (Wildman–Crippen LogP) is 22.8. The molecule has 2 aromatic heterocycles. The molecule has 4 nitrogen and oxygen atoms in total. The van der Waals surface area contributed by atoms with Crippen LogP contribution in [-0.4, -0.2) is 15.8 Å². The van der Waals surface area contributed by atoms with Crippen molar-refractivity contribution in [3.05, 3.63) is 308 Å². The Kier molecular flexibility index (Phi) is 13.7. The second-order valence-corrected chi connectivity index (χ2v) is 30.0. The van der Waals surface area contributed by atoms with E-state index in [2.05, 4.69) is 372 Å². The van der Waals surface area contributed by atoms with E-state index >= 15 is 0 Å². The lowest BCUT2D eigenvalue weighted by atomic mass is 9.33. The quantitative estimate of drug-likeness (QED) is 0.134. The van der Waals surface area contributed by atoms with Crippen molar-refractivity contribution < 1.29 is 0 Å². The van der Waals surface area contributed by atoms with Gasteiger partial charge >= 0.3 is 0 Å². The summed E-state index contributed by atoms with van der Waals surface area (Å²) in [6.07, 6.45) is 0.889. The molecule has 0 N–H and O–H groups in total. The normalized spacial score (nSPS) is 13.0. The van der Waals surface area contributed by atoms with Gasteiger partial charge in [-0.15, -0.1) is 0 Å². The Hall–Kier alpha value is -10.9. The smallest absolute Gasteiger partial charge is 0.252 e. The van der Waals surface area contributed by atoms with Crippen LogP contribution in [0.25, 0.3) is 99.5 Å². The first-order valence-corrected chi connectivity index (χ1v) is 34.1. The summed E-state index contributed by atoms with van der Waals surface area (Å²) in [5.41, 5.74) is 31.3. The van der Waals surface area contributed by atoms with E-state index in [0.29, 0.717) is 0 Å². The van der Waals surface area contributed by atoms with Crippen LogP contribution < -0.4 is 26.2 Å². The third-order valence-corrected chi connectivity index (χ3v) is 20.3. The van der Waals surface area contributed by atoms with Gasteiger partial charge in [-0.25, -0.2) is 0 Å². The van der Waals surface area contributed by atoms with Gasteiger partial charge in [0, 0.05) is 67.0 Å². The Balaban J connectivity index is 0.935. The molecule has 2 aliphatic rings. The largest absolute Gasteiger partial charge is 0.311 e. The van der Waals surface area contributed by atoms with E-state index in [1.54, 1.807) is 0 Å². The number of rotatable bonds is 9. The van der Waals surface area contributed by atoms with E-state index < -0.39 is 0 Å². The highest BCUT2D eigenvalue weighted by Gasteiger charge is 2.44. The predicted molar refractivity (Wildman–Crippen MR) is 411 cm³/mol. The third kappa shape index (κ3) is 10.1. The summed E-state index contributed by atoms with van der Waals surface area (Å²) in [4.78, 5) is 5.24. The molecule has 4 heterocycles. The van der Waals surface area contributed by atoms with Gasteiger partial charge in [-0.2, -0.15) is 0 Å². The second-order valence-electron chi connectivity index (χ2n) is 30.0. The Labute approximate surface area is 565 Å². The van der Waals surface area contributed by atoms with Gasteiger partial charge in [-0.1, -0.05) is 244 Å². The van der Waals surface area contributed by atoms with Gasteiger partial charge < -0.3 is 18.9 Å². The second kappa shape index (κ2) is 22.4. The molecule has 0 atom stereocenters. The van der Waals surface area contributed by atoms with Crippen LogP contribution in [-0.2, 0) is 17.3 Å². The maximum atomic E-state index is 2.62. The minimum Gasteiger partial charge on any atom is -0.311 e. The number of benzene rings is 13. The number of aromatic nitrogens is 2. The highest BCUT2D eigenvalue weighted by Crippen LogP contribution is 2.49. The first-order chi connectivity index (χ1) is 46.5. The molecule has 0 saturated carbocycles. The van der Waals surface area contributed by atoms with Crippen molar-refractivity contribution in [2.75, 3.05) is 9.80 Å². The summed E-state index contributed by atoms with van der Waals surface area (Å²) in [5, 5.41) is 4.90. The summed E-state index contributed by atoms with van der Waals surface area (Å²) in [6, 6.07) is 110. The van der Waals surface area contributed by atoms with Gasteiger partial charge in [0.15, 0.2) is 0 Å². The van der Waals surface area contributed by atoms with Gasteiger partial charge in [0.25, 0.3) is 6.71 Å². The number of nitrogens with zero attached hydrogens (tertiary/aromatic N) is 4. The van der Waals surface area contributed by atoms with Crippen LogP contribution in [0.4, 0.5) is 34.1 Å². The summed E-state index contributed by atoms with van der Waals surface area (Å²) < 4.78 is 5.04. The van der Waals surface area contributed by atoms with Gasteiger partial charge in [0.2, 0.25) is 0 Å². The lowest BCUT2D eigenvalue weighted by Crippen LogP contribution is -2.61. The van der Waals surface area contributed by atoms with E-state index in [-0.39, 0.29) is 23.0 Å². The Morgan fingerprint density at radius 1 is 0.271 bits per heavy atom. The van der Waals surface area contributed by atoms with Crippen molar-refractivity contribution in [2.45, 2.75) is 79.6 Å². The highest BCUT2D eigenvalue weighted by atomic mass is 15.2. The molecule has 13 aromatic carbocycles. The van der Waals surface area contributed by atoms with E-state index in [9.17, 15) is 0 Å². The van der Waals surface area contributed by atoms with E-state index in [4.69, 9.17) is 0 Å². The van der Waals surface area contributed by atoms with Crippen LogP contribution >= 0.6 is 0 Å². The van der Waals surface area contributed by atoms with Crippen molar-refractivity contribution in [1.82, 2.24) is 9.13 Å². The Morgan fingerprint density at radius 2 is 0.573 bits per heavy atom. The Bertz CT molecular complexity index is 5000. The molecule has 0 aliphatic carbocycles. The standard InChI is InChI=1S/C91H77BN4/c1-89(2,3)58-59-50-86-88-87(51-59)94(71-40-36-69(37-41-71)91(7,8)9)85-57-73(96-82-48-32-66(62-26-18-12-19-27-62)54-76(82)77-55-67(33-49-83(77)96)63-28-20-13-21-29-63)43-45-79(85)92(88)78-44-42-72(56-84(78)93(86)70-38-34-68(35-39-70)90(4,5)6)95-80-46-30-64(60-22-14-10-15-23-60)52-74(80)75-53-65(31-47-81(75)95)61-24-16-11-17-25-61/h10-57H,58H2,1-9H3. The fourth-order valence-corrected chi connectivity index (χ4v) is 15.6. The molecular weight excluding hydrogens is 1160 g/mol. The average molecular weight is 1240 g/mol. The minimum absolute atomic E-state index is 0.00715. The molecule has 5 heteroatoms. The Morgan fingerprint density at radius 3 is 0.865 bits per heavy atom. The molecule has 0 saturated heterocycles. The monoisotopic (exact) mass is 1240 g/mol. The van der Waals surface area contributed by atoms with Crippen LogP contribution in [0, 0.1) is 5.41 Å². The summed E-state index contributed by atoms with van der Waals surface area (Å²) in [7, 11) is 0. The molecule has 0 spiro atoms. The average Bonchev–Trinajstić information content (AvgIpc) is 0.713. The molecular formula is C91H77BN4. The lowest BCUT2D eigenvalue weighted by Gasteiger charge is -2.45. The van der Waals surface area contributed by atoms with E-state index in [1.165, 1.54) is 144 Å². The zero-order valence-corrected chi connectivity index (χ0v) is 56.3. The van der Waals surface area contributed by atoms with Gasteiger partial charge in [-0.3, -0.25) is 0 Å². The fourth-order valence-electron chi connectivity index (χ4n) is 15.6. The number of anilines is 6. The zero-order chi connectivity index (χ0) is 65.4. The topological polar surface area (TPSA) is 16.3 Å². The summed E-state index contributed by atoms with van der Waals surface area (Å²) in [5.74, 6) is 0. The van der Waals surface area contributed by atoms with Crippen molar-refractivity contribution in [3.63, 3.8) is 0 Å². The number of fused-ring (bicyclic) bond motifs is 10. The molecule has 0 radical (unpaired) electrons. The van der Waals surface area contributed by atoms with Crippen molar-refractivity contribution in [2.24, 2.45) is 5.41 Å². The maximum Gasteiger partial charge on any atom is 0.252 e. The van der Waals surface area contributed by atoms with Crippen LogP contribution in [0.5, 0.6) is 0 Å². The zero-order valence-electron chi connectivity index (χ0n) is 56.3. The molecule has 464 valence electrons. The van der Waals surface area contributed by atoms with Crippen LogP contribution in [0.15, 0.2) is 291 Å². The molecule has 0 unspecified atom stereocenters. The SMILES string of the molecule is CC(C)(C)Cc1cc2c3c(c1)N(c1ccc(C(C)(C)C)cc1)c1cc(-n4c5ccc(-c6ccccc6)cc5c5cc(-c6ccccc6)ccc54)ccc1B3c1ccc(-n3c4ccc(-c5ccccc5)cc4c4cc(-c5ccccc5)ccc43)cc1N2c1ccc(C(C)(C)C)cc1.